The van der Waals surface area contributed by atoms with E-state index in [0.29, 0.717) is 0 Å². The molecule has 0 radical (unpaired) electrons. The largest absolute Gasteiger partial charge is 0.330 e. The van der Waals surface area contributed by atoms with Crippen LogP contribution in [-0.4, -0.2) is 4.57 Å². The molecular formula is C13H16N2O. The third-order valence-electron chi connectivity index (χ3n) is 3.47. The Morgan fingerprint density at radius 1 is 1.25 bits per heavy atom. The molecule has 1 aromatic heterocycles. The van der Waals surface area contributed by atoms with Crippen LogP contribution in [0.4, 0.5) is 0 Å². The van der Waals surface area contributed by atoms with Crippen molar-refractivity contribution in [2.24, 2.45) is 0 Å². The molecule has 0 saturated heterocycles. The van der Waals surface area contributed by atoms with Crippen LogP contribution in [0.15, 0.2) is 16.9 Å². The van der Waals surface area contributed by atoms with E-state index < -0.39 is 5.54 Å². The molecule has 0 bridgehead atoms. The van der Waals surface area contributed by atoms with Crippen molar-refractivity contribution < 1.29 is 0 Å². The zero-order chi connectivity index (χ0) is 11.8. The van der Waals surface area contributed by atoms with Gasteiger partial charge in [-0.1, -0.05) is 0 Å². The van der Waals surface area contributed by atoms with Gasteiger partial charge in [0.15, 0.2) is 5.43 Å². The number of pyridine rings is 1. The SMILES string of the molecule is Cc1cc(=O)cc(C)n1C1(C#N)CCCC1. The van der Waals surface area contributed by atoms with Crippen molar-refractivity contribution >= 4 is 0 Å². The number of hydrogen-bond acceptors (Lipinski definition) is 2. The second-order valence-electron chi connectivity index (χ2n) is 4.66. The molecule has 1 aromatic rings. The first-order chi connectivity index (χ1) is 7.59. The maximum atomic E-state index is 11.4. The molecule has 2 rings (SSSR count). The molecule has 0 aliphatic heterocycles. The van der Waals surface area contributed by atoms with Crippen LogP contribution in [0, 0.1) is 25.2 Å². The lowest BCUT2D eigenvalue weighted by atomic mass is 9.97. The predicted molar refractivity (Wildman–Crippen MR) is 62.2 cm³/mol. The van der Waals surface area contributed by atoms with Crippen molar-refractivity contribution in [3.8, 4) is 6.07 Å². The van der Waals surface area contributed by atoms with E-state index >= 15 is 0 Å². The Morgan fingerprint density at radius 2 is 1.75 bits per heavy atom. The summed E-state index contributed by atoms with van der Waals surface area (Å²) >= 11 is 0. The Balaban J connectivity index is 2.64. The van der Waals surface area contributed by atoms with Gasteiger partial charge in [-0.05, 0) is 39.5 Å². The second-order valence-corrected chi connectivity index (χ2v) is 4.66. The molecule has 3 nitrogen and oxygen atoms in total. The molecule has 1 fully saturated rings. The Kier molecular flexibility index (Phi) is 2.59. The van der Waals surface area contributed by atoms with E-state index in [2.05, 4.69) is 6.07 Å². The van der Waals surface area contributed by atoms with Gasteiger partial charge in [0.25, 0.3) is 0 Å². The lowest BCUT2D eigenvalue weighted by Gasteiger charge is -2.29. The lowest BCUT2D eigenvalue weighted by Crippen LogP contribution is -2.33. The van der Waals surface area contributed by atoms with Crippen molar-refractivity contribution in [2.45, 2.75) is 45.1 Å². The number of rotatable bonds is 1. The third-order valence-corrected chi connectivity index (χ3v) is 3.47. The summed E-state index contributed by atoms with van der Waals surface area (Å²) in [6, 6.07) is 5.69. The standard InChI is InChI=1S/C13H16N2O/c1-10-7-12(16)8-11(2)15(10)13(9-14)5-3-4-6-13/h7-8H,3-6H2,1-2H3. The summed E-state index contributed by atoms with van der Waals surface area (Å²) < 4.78 is 2.04. The molecule has 1 aliphatic carbocycles. The third kappa shape index (κ3) is 1.55. The minimum atomic E-state index is -0.415. The fourth-order valence-corrected chi connectivity index (χ4v) is 2.88. The first-order valence-electron chi connectivity index (χ1n) is 5.71. The molecule has 0 spiro atoms. The fourth-order valence-electron chi connectivity index (χ4n) is 2.88. The number of aryl methyl sites for hydroxylation is 2. The van der Waals surface area contributed by atoms with Crippen LogP contribution in [0.2, 0.25) is 0 Å². The summed E-state index contributed by atoms with van der Waals surface area (Å²) in [5.41, 5.74) is 1.40. The van der Waals surface area contributed by atoms with E-state index in [1.165, 1.54) is 0 Å². The summed E-state index contributed by atoms with van der Waals surface area (Å²) in [7, 11) is 0. The molecule has 1 heterocycles. The van der Waals surface area contributed by atoms with Crippen LogP contribution >= 0.6 is 0 Å². The second kappa shape index (κ2) is 3.79. The quantitative estimate of drug-likeness (QED) is 0.722. The maximum Gasteiger partial charge on any atom is 0.182 e. The van der Waals surface area contributed by atoms with E-state index in [9.17, 15) is 10.1 Å². The molecule has 1 aliphatic rings. The summed E-state index contributed by atoms with van der Waals surface area (Å²) in [6.07, 6.45) is 3.99. The number of aromatic nitrogens is 1. The number of nitrogens with zero attached hydrogens (tertiary/aromatic N) is 2. The molecule has 3 heteroatoms. The summed E-state index contributed by atoms with van der Waals surface area (Å²) in [6.45, 7) is 3.82. The molecule has 16 heavy (non-hydrogen) atoms. The first-order valence-corrected chi connectivity index (χ1v) is 5.71. The molecule has 1 saturated carbocycles. The monoisotopic (exact) mass is 216 g/mol. The average molecular weight is 216 g/mol. The number of hydrogen-bond donors (Lipinski definition) is 0. The molecule has 84 valence electrons. The molecule has 0 aromatic carbocycles. The van der Waals surface area contributed by atoms with Crippen molar-refractivity contribution in [2.75, 3.05) is 0 Å². The summed E-state index contributed by atoms with van der Waals surface area (Å²) in [5, 5.41) is 9.44. The van der Waals surface area contributed by atoms with Crippen LogP contribution in [0.1, 0.15) is 37.1 Å². The van der Waals surface area contributed by atoms with E-state index in [4.69, 9.17) is 0 Å². The lowest BCUT2D eigenvalue weighted by molar-refractivity contribution is 0.376. The van der Waals surface area contributed by atoms with Gasteiger partial charge in [-0.15, -0.1) is 0 Å². The highest BCUT2D eigenvalue weighted by atomic mass is 16.1. The van der Waals surface area contributed by atoms with Gasteiger partial charge in [-0.3, -0.25) is 4.79 Å². The Morgan fingerprint density at radius 3 is 2.19 bits per heavy atom. The highest BCUT2D eigenvalue weighted by molar-refractivity contribution is 5.21. The molecule has 0 unspecified atom stereocenters. The highest BCUT2D eigenvalue weighted by Crippen LogP contribution is 2.37. The van der Waals surface area contributed by atoms with Crippen molar-refractivity contribution in [3.05, 3.63) is 33.7 Å². The fraction of sp³-hybridized carbons (Fsp3) is 0.538. The van der Waals surface area contributed by atoms with Gasteiger partial charge < -0.3 is 4.57 Å². The molecule has 0 amide bonds. The van der Waals surface area contributed by atoms with Crippen molar-refractivity contribution in [1.82, 2.24) is 4.57 Å². The Hall–Kier alpha value is -1.56. The Bertz CT molecular complexity index is 475. The van der Waals surface area contributed by atoms with E-state index in [-0.39, 0.29) is 5.43 Å². The zero-order valence-corrected chi connectivity index (χ0v) is 9.79. The van der Waals surface area contributed by atoms with Crippen LogP contribution < -0.4 is 5.43 Å². The van der Waals surface area contributed by atoms with Gasteiger partial charge in [0, 0.05) is 23.5 Å². The molecular weight excluding hydrogens is 200 g/mol. The van der Waals surface area contributed by atoms with Gasteiger partial charge in [-0.25, -0.2) is 0 Å². The molecule has 0 atom stereocenters. The smallest absolute Gasteiger partial charge is 0.182 e. The van der Waals surface area contributed by atoms with Gasteiger partial charge >= 0.3 is 0 Å². The van der Waals surface area contributed by atoms with Gasteiger partial charge in [0.2, 0.25) is 0 Å². The summed E-state index contributed by atoms with van der Waals surface area (Å²) in [5.74, 6) is 0. The van der Waals surface area contributed by atoms with E-state index in [0.717, 1.165) is 37.1 Å². The van der Waals surface area contributed by atoms with Crippen LogP contribution in [0.3, 0.4) is 0 Å². The van der Waals surface area contributed by atoms with Crippen LogP contribution in [0.25, 0.3) is 0 Å². The van der Waals surface area contributed by atoms with Crippen molar-refractivity contribution in [1.29, 1.82) is 5.26 Å². The average Bonchev–Trinajstić information content (AvgIpc) is 2.66. The zero-order valence-electron chi connectivity index (χ0n) is 9.79. The summed E-state index contributed by atoms with van der Waals surface area (Å²) in [4.78, 5) is 11.4. The minimum absolute atomic E-state index is 0.0253. The van der Waals surface area contributed by atoms with E-state index in [1.807, 2.05) is 18.4 Å². The van der Waals surface area contributed by atoms with E-state index in [1.54, 1.807) is 12.1 Å². The van der Waals surface area contributed by atoms with Crippen molar-refractivity contribution in [3.63, 3.8) is 0 Å². The predicted octanol–water partition coefficient (Wildman–Crippen LogP) is 2.26. The number of nitriles is 1. The van der Waals surface area contributed by atoms with Gasteiger partial charge in [0.05, 0.1) is 6.07 Å². The van der Waals surface area contributed by atoms with Crippen LogP contribution in [-0.2, 0) is 5.54 Å². The first kappa shape index (κ1) is 10.9. The maximum absolute atomic E-state index is 11.4. The minimum Gasteiger partial charge on any atom is -0.330 e. The normalized spacial score (nSPS) is 18.3. The van der Waals surface area contributed by atoms with Gasteiger partial charge in [0.1, 0.15) is 5.54 Å². The Labute approximate surface area is 95.3 Å². The highest BCUT2D eigenvalue weighted by Gasteiger charge is 2.36. The van der Waals surface area contributed by atoms with Crippen LogP contribution in [0.5, 0.6) is 0 Å². The van der Waals surface area contributed by atoms with Gasteiger partial charge in [-0.2, -0.15) is 5.26 Å². The topological polar surface area (TPSA) is 45.8 Å². The molecule has 0 N–H and O–H groups in total.